The van der Waals surface area contributed by atoms with Crippen molar-refractivity contribution in [3.8, 4) is 0 Å². The fourth-order valence-electron chi connectivity index (χ4n) is 1.94. The fourth-order valence-corrected chi connectivity index (χ4v) is 2.10. The van der Waals surface area contributed by atoms with Crippen molar-refractivity contribution in [3.63, 3.8) is 0 Å². The molecule has 0 heterocycles. The molecule has 0 atom stereocenters. The van der Waals surface area contributed by atoms with Crippen LogP contribution in [0.1, 0.15) is 37.6 Å². The Bertz CT molecular complexity index is 477. The Balaban J connectivity index is 2.99. The predicted molar refractivity (Wildman–Crippen MR) is 80.4 cm³/mol. The van der Waals surface area contributed by atoms with Crippen molar-refractivity contribution in [2.75, 3.05) is 19.6 Å². The van der Waals surface area contributed by atoms with Gasteiger partial charge in [0, 0.05) is 18.1 Å². The third-order valence-corrected chi connectivity index (χ3v) is 3.35. The van der Waals surface area contributed by atoms with Crippen molar-refractivity contribution < 1.29 is 9.18 Å². The predicted octanol–water partition coefficient (Wildman–Crippen LogP) is 3.32. The lowest BCUT2D eigenvalue weighted by Crippen LogP contribution is -2.42. The standard InChI is InChI=1S/C15H22ClFN2O/c1-4-7-19(10-15(2,3)9-18)14(20)12-6-5-11(16)8-13(12)17/h5-6,8H,4,7,9-10,18H2,1-3H3. The SMILES string of the molecule is CCCN(CC(C)(C)CN)C(=O)c1ccc(Cl)cc1F. The molecule has 3 nitrogen and oxygen atoms in total. The lowest BCUT2D eigenvalue weighted by atomic mass is 9.92. The first kappa shape index (κ1) is 16.9. The molecular formula is C15H22ClFN2O. The van der Waals surface area contributed by atoms with Gasteiger partial charge < -0.3 is 10.6 Å². The first-order valence-corrected chi connectivity index (χ1v) is 7.13. The Labute approximate surface area is 124 Å². The molecule has 1 aromatic carbocycles. The number of carbonyl (C=O) groups excluding carboxylic acids is 1. The molecule has 1 aromatic rings. The average Bonchev–Trinajstić information content (AvgIpc) is 2.37. The third-order valence-electron chi connectivity index (χ3n) is 3.11. The van der Waals surface area contributed by atoms with E-state index >= 15 is 0 Å². The number of benzene rings is 1. The van der Waals surface area contributed by atoms with Gasteiger partial charge in [0.2, 0.25) is 0 Å². The van der Waals surface area contributed by atoms with Gasteiger partial charge in [-0.2, -0.15) is 0 Å². The van der Waals surface area contributed by atoms with Crippen molar-refractivity contribution in [3.05, 3.63) is 34.6 Å². The monoisotopic (exact) mass is 300 g/mol. The summed E-state index contributed by atoms with van der Waals surface area (Å²) in [7, 11) is 0. The van der Waals surface area contributed by atoms with Crippen LogP contribution in [0.5, 0.6) is 0 Å². The molecule has 5 heteroatoms. The molecular weight excluding hydrogens is 279 g/mol. The van der Waals surface area contributed by atoms with E-state index in [2.05, 4.69) is 0 Å². The van der Waals surface area contributed by atoms with Gasteiger partial charge in [-0.15, -0.1) is 0 Å². The molecule has 2 N–H and O–H groups in total. The zero-order valence-corrected chi connectivity index (χ0v) is 13.0. The molecule has 0 unspecified atom stereocenters. The lowest BCUT2D eigenvalue weighted by Gasteiger charge is -2.32. The number of nitrogens with zero attached hydrogens (tertiary/aromatic N) is 1. The zero-order chi connectivity index (χ0) is 15.3. The Morgan fingerprint density at radius 3 is 2.60 bits per heavy atom. The number of amides is 1. The molecule has 0 aliphatic carbocycles. The van der Waals surface area contributed by atoms with Crippen LogP contribution >= 0.6 is 11.6 Å². The molecule has 0 radical (unpaired) electrons. The van der Waals surface area contributed by atoms with Crippen LogP contribution in [0.3, 0.4) is 0 Å². The molecule has 0 fully saturated rings. The van der Waals surface area contributed by atoms with E-state index in [1.807, 2.05) is 20.8 Å². The molecule has 0 spiro atoms. The summed E-state index contributed by atoms with van der Waals surface area (Å²) in [6.45, 7) is 7.49. The Hall–Kier alpha value is -1.13. The first-order valence-electron chi connectivity index (χ1n) is 6.75. The van der Waals surface area contributed by atoms with Crippen LogP contribution in [-0.2, 0) is 0 Å². The van der Waals surface area contributed by atoms with Gasteiger partial charge in [-0.25, -0.2) is 4.39 Å². The number of nitrogens with two attached hydrogens (primary N) is 1. The summed E-state index contributed by atoms with van der Waals surface area (Å²) in [6, 6.07) is 4.11. The highest BCUT2D eigenvalue weighted by Crippen LogP contribution is 2.20. The van der Waals surface area contributed by atoms with E-state index in [0.717, 1.165) is 12.5 Å². The second-order valence-corrected chi connectivity index (χ2v) is 6.16. The molecule has 20 heavy (non-hydrogen) atoms. The van der Waals surface area contributed by atoms with E-state index in [1.54, 1.807) is 4.90 Å². The summed E-state index contributed by atoms with van der Waals surface area (Å²) in [6.07, 6.45) is 0.807. The first-order chi connectivity index (χ1) is 9.30. The molecule has 112 valence electrons. The number of hydrogen-bond donors (Lipinski definition) is 1. The van der Waals surface area contributed by atoms with E-state index in [4.69, 9.17) is 17.3 Å². The number of halogens is 2. The fraction of sp³-hybridized carbons (Fsp3) is 0.533. The summed E-state index contributed by atoms with van der Waals surface area (Å²) < 4.78 is 13.9. The number of hydrogen-bond acceptors (Lipinski definition) is 2. The zero-order valence-electron chi connectivity index (χ0n) is 12.2. The average molecular weight is 301 g/mol. The molecule has 1 rings (SSSR count). The number of rotatable bonds is 6. The van der Waals surface area contributed by atoms with Gasteiger partial charge in [-0.3, -0.25) is 4.79 Å². The van der Waals surface area contributed by atoms with Crippen molar-refractivity contribution in [1.29, 1.82) is 0 Å². The molecule has 0 bridgehead atoms. The molecule has 1 amide bonds. The summed E-state index contributed by atoms with van der Waals surface area (Å²) in [5.41, 5.74) is 5.56. The second kappa shape index (κ2) is 7.04. The smallest absolute Gasteiger partial charge is 0.256 e. The highest BCUT2D eigenvalue weighted by molar-refractivity contribution is 6.30. The van der Waals surface area contributed by atoms with E-state index < -0.39 is 5.82 Å². The van der Waals surface area contributed by atoms with Crippen molar-refractivity contribution >= 4 is 17.5 Å². The Morgan fingerprint density at radius 1 is 1.45 bits per heavy atom. The van der Waals surface area contributed by atoms with Crippen LogP contribution in [0.25, 0.3) is 0 Å². The van der Waals surface area contributed by atoms with Crippen molar-refractivity contribution in [2.24, 2.45) is 11.1 Å². The van der Waals surface area contributed by atoms with Crippen LogP contribution < -0.4 is 5.73 Å². The quantitative estimate of drug-likeness (QED) is 0.876. The van der Waals surface area contributed by atoms with E-state index in [0.29, 0.717) is 19.6 Å². The minimum atomic E-state index is -0.589. The maximum absolute atomic E-state index is 13.9. The third kappa shape index (κ3) is 4.46. The van der Waals surface area contributed by atoms with Crippen LogP contribution in [0.4, 0.5) is 4.39 Å². The van der Waals surface area contributed by atoms with E-state index in [-0.39, 0.29) is 21.9 Å². The van der Waals surface area contributed by atoms with Gasteiger partial charge in [0.05, 0.1) is 5.56 Å². The topological polar surface area (TPSA) is 46.3 Å². The summed E-state index contributed by atoms with van der Waals surface area (Å²) in [5, 5.41) is 0.281. The highest BCUT2D eigenvalue weighted by Gasteiger charge is 2.25. The summed E-state index contributed by atoms with van der Waals surface area (Å²) in [5.74, 6) is -0.906. The summed E-state index contributed by atoms with van der Waals surface area (Å²) >= 11 is 5.71. The molecule has 0 saturated heterocycles. The lowest BCUT2D eigenvalue weighted by molar-refractivity contribution is 0.0685. The molecule has 0 aromatic heterocycles. The van der Waals surface area contributed by atoms with E-state index in [1.165, 1.54) is 12.1 Å². The molecule has 0 aliphatic heterocycles. The van der Waals surface area contributed by atoms with E-state index in [9.17, 15) is 9.18 Å². The van der Waals surface area contributed by atoms with Gasteiger partial charge in [-0.05, 0) is 36.6 Å². The molecule has 0 saturated carbocycles. The maximum atomic E-state index is 13.9. The van der Waals surface area contributed by atoms with Gasteiger partial charge >= 0.3 is 0 Å². The van der Waals surface area contributed by atoms with Crippen LogP contribution in [0, 0.1) is 11.2 Å². The maximum Gasteiger partial charge on any atom is 0.256 e. The molecule has 0 aliphatic rings. The Kier molecular flexibility index (Phi) is 5.96. The Morgan fingerprint density at radius 2 is 2.10 bits per heavy atom. The highest BCUT2D eigenvalue weighted by atomic mass is 35.5. The van der Waals surface area contributed by atoms with Crippen LogP contribution in [-0.4, -0.2) is 30.4 Å². The number of carbonyl (C=O) groups is 1. The minimum Gasteiger partial charge on any atom is -0.338 e. The largest absolute Gasteiger partial charge is 0.338 e. The van der Waals surface area contributed by atoms with Gasteiger partial charge in [0.1, 0.15) is 5.82 Å². The van der Waals surface area contributed by atoms with Crippen molar-refractivity contribution in [2.45, 2.75) is 27.2 Å². The van der Waals surface area contributed by atoms with Gasteiger partial charge in [0.25, 0.3) is 5.91 Å². The second-order valence-electron chi connectivity index (χ2n) is 5.72. The summed E-state index contributed by atoms with van der Waals surface area (Å²) in [4.78, 5) is 14.1. The minimum absolute atomic E-state index is 0.0515. The van der Waals surface area contributed by atoms with Gasteiger partial charge in [-0.1, -0.05) is 32.4 Å². The normalized spacial score (nSPS) is 11.5. The van der Waals surface area contributed by atoms with Crippen LogP contribution in [0.15, 0.2) is 18.2 Å². The van der Waals surface area contributed by atoms with Crippen molar-refractivity contribution in [1.82, 2.24) is 4.90 Å². The van der Waals surface area contributed by atoms with Crippen LogP contribution in [0.2, 0.25) is 5.02 Å². The van der Waals surface area contributed by atoms with Gasteiger partial charge in [0.15, 0.2) is 0 Å².